The summed E-state index contributed by atoms with van der Waals surface area (Å²) in [7, 11) is 0. The van der Waals surface area contributed by atoms with Crippen LogP contribution in [0.3, 0.4) is 0 Å². The van der Waals surface area contributed by atoms with Gasteiger partial charge in [-0.15, -0.1) is 0 Å². The van der Waals surface area contributed by atoms with Crippen molar-refractivity contribution in [1.82, 2.24) is 5.32 Å². The van der Waals surface area contributed by atoms with E-state index in [9.17, 15) is 9.59 Å². The summed E-state index contributed by atoms with van der Waals surface area (Å²) < 4.78 is 0. The Morgan fingerprint density at radius 1 is 1.73 bits per heavy atom. The third-order valence-electron chi connectivity index (χ3n) is 1.53. The third-order valence-corrected chi connectivity index (χ3v) is 1.53. The second kappa shape index (κ2) is 3.18. The van der Waals surface area contributed by atoms with Crippen molar-refractivity contribution < 1.29 is 14.7 Å². The molecule has 0 heterocycles. The summed E-state index contributed by atoms with van der Waals surface area (Å²) in [4.78, 5) is 20.8. The Bertz CT molecular complexity index is 210. The van der Waals surface area contributed by atoms with Gasteiger partial charge in [0.1, 0.15) is 0 Å². The molecule has 60 valence electrons. The van der Waals surface area contributed by atoms with Gasteiger partial charge in [0.25, 0.3) is 0 Å². The maximum Gasteiger partial charge on any atom is 0.405 e. The van der Waals surface area contributed by atoms with Crippen molar-refractivity contribution in [3.05, 3.63) is 12.2 Å². The molecule has 2 N–H and O–H groups in total. The molecule has 11 heavy (non-hydrogen) atoms. The fourth-order valence-corrected chi connectivity index (χ4v) is 0.980. The lowest BCUT2D eigenvalue weighted by atomic mass is 10.0. The molecule has 0 bridgehead atoms. The first-order valence-electron chi connectivity index (χ1n) is 3.39. The molecule has 1 aliphatic rings. The van der Waals surface area contributed by atoms with Crippen molar-refractivity contribution in [2.24, 2.45) is 0 Å². The number of carboxylic acid groups (broad SMARTS) is 1. The number of amides is 1. The summed E-state index contributed by atoms with van der Waals surface area (Å²) in [5.74, 6) is 0.0634. The number of hydrogen-bond donors (Lipinski definition) is 2. The molecule has 0 fully saturated rings. The molecule has 0 aromatic carbocycles. The predicted octanol–water partition coefficient (Wildman–Crippen LogP) is 0.542. The molecule has 0 unspecified atom stereocenters. The van der Waals surface area contributed by atoms with Crippen molar-refractivity contribution in [2.75, 3.05) is 0 Å². The number of carbonyl (C=O) groups excluding carboxylic acids is 1. The van der Waals surface area contributed by atoms with E-state index in [4.69, 9.17) is 5.11 Å². The topological polar surface area (TPSA) is 66.4 Å². The van der Waals surface area contributed by atoms with Gasteiger partial charge in [-0.3, -0.25) is 4.79 Å². The largest absolute Gasteiger partial charge is 0.465 e. The first-order chi connectivity index (χ1) is 5.18. The Hall–Kier alpha value is -1.32. The molecule has 0 saturated heterocycles. The first-order valence-corrected chi connectivity index (χ1v) is 3.39. The van der Waals surface area contributed by atoms with E-state index in [0.29, 0.717) is 12.8 Å². The molecule has 0 radical (unpaired) electrons. The van der Waals surface area contributed by atoms with Crippen LogP contribution in [-0.2, 0) is 4.79 Å². The van der Waals surface area contributed by atoms with Gasteiger partial charge in [-0.2, -0.15) is 0 Å². The molecule has 0 aromatic heterocycles. The number of carbonyl (C=O) groups is 2. The minimum atomic E-state index is -1.05. The fraction of sp³-hybridized carbons (Fsp3) is 0.429. The van der Waals surface area contributed by atoms with E-state index in [0.717, 1.165) is 0 Å². The van der Waals surface area contributed by atoms with Gasteiger partial charge in [-0.05, 0) is 12.5 Å². The molecule has 4 nitrogen and oxygen atoms in total. The molecule has 1 atom stereocenters. The lowest BCUT2D eigenvalue weighted by Gasteiger charge is -2.14. The summed E-state index contributed by atoms with van der Waals surface area (Å²) in [6.07, 6.45) is 2.96. The van der Waals surface area contributed by atoms with Gasteiger partial charge in [0, 0.05) is 6.42 Å². The standard InChI is InChI=1S/C7H9NO3/c9-6-3-1-5(2-4-6)8-7(10)11/h1,3,5,8H,2,4H2,(H,10,11)/t5-/m0/s1. The van der Waals surface area contributed by atoms with Crippen molar-refractivity contribution in [3.8, 4) is 0 Å². The average Bonchev–Trinajstić information content (AvgIpc) is 1.93. The minimum absolute atomic E-state index is 0.0634. The maximum absolute atomic E-state index is 10.6. The summed E-state index contributed by atoms with van der Waals surface area (Å²) in [6.45, 7) is 0. The van der Waals surface area contributed by atoms with E-state index < -0.39 is 6.09 Å². The highest BCUT2D eigenvalue weighted by Crippen LogP contribution is 2.06. The van der Waals surface area contributed by atoms with E-state index in [-0.39, 0.29) is 11.8 Å². The first kappa shape index (κ1) is 7.78. The van der Waals surface area contributed by atoms with E-state index in [1.54, 1.807) is 6.08 Å². The molecule has 0 saturated carbocycles. The van der Waals surface area contributed by atoms with Crippen molar-refractivity contribution in [2.45, 2.75) is 18.9 Å². The van der Waals surface area contributed by atoms with Gasteiger partial charge in [0.15, 0.2) is 5.78 Å². The van der Waals surface area contributed by atoms with Crippen molar-refractivity contribution >= 4 is 11.9 Å². The van der Waals surface area contributed by atoms with Crippen LogP contribution in [0.15, 0.2) is 12.2 Å². The SMILES string of the molecule is O=C1C=C[C@H](NC(=O)O)CC1. The zero-order valence-electron chi connectivity index (χ0n) is 5.91. The monoisotopic (exact) mass is 155 g/mol. The van der Waals surface area contributed by atoms with E-state index in [1.807, 2.05) is 0 Å². The number of ketones is 1. The zero-order chi connectivity index (χ0) is 8.27. The van der Waals surface area contributed by atoms with E-state index >= 15 is 0 Å². The van der Waals surface area contributed by atoms with Crippen LogP contribution in [0, 0.1) is 0 Å². The summed E-state index contributed by atoms with van der Waals surface area (Å²) >= 11 is 0. The van der Waals surface area contributed by atoms with Crippen LogP contribution in [-0.4, -0.2) is 23.0 Å². The van der Waals surface area contributed by atoms with Crippen LogP contribution in [0.5, 0.6) is 0 Å². The van der Waals surface area contributed by atoms with Crippen molar-refractivity contribution in [1.29, 1.82) is 0 Å². The van der Waals surface area contributed by atoms with Gasteiger partial charge >= 0.3 is 6.09 Å². The Morgan fingerprint density at radius 2 is 2.45 bits per heavy atom. The highest BCUT2D eigenvalue weighted by Gasteiger charge is 2.13. The third kappa shape index (κ3) is 2.41. The normalized spacial score (nSPS) is 23.3. The van der Waals surface area contributed by atoms with E-state index in [1.165, 1.54) is 6.08 Å². The van der Waals surface area contributed by atoms with Gasteiger partial charge < -0.3 is 10.4 Å². The summed E-state index contributed by atoms with van der Waals surface area (Å²) in [5, 5.41) is 10.6. The summed E-state index contributed by atoms with van der Waals surface area (Å²) in [6, 6.07) is -0.190. The fourth-order valence-electron chi connectivity index (χ4n) is 0.980. The average molecular weight is 155 g/mol. The van der Waals surface area contributed by atoms with Crippen LogP contribution in [0.25, 0.3) is 0 Å². The molecule has 0 spiro atoms. The van der Waals surface area contributed by atoms with Gasteiger partial charge in [-0.25, -0.2) is 4.79 Å². The minimum Gasteiger partial charge on any atom is -0.465 e. The molecule has 0 aliphatic heterocycles. The quantitative estimate of drug-likeness (QED) is 0.580. The molecular weight excluding hydrogens is 146 g/mol. The molecule has 1 aliphatic carbocycles. The van der Waals surface area contributed by atoms with Crippen LogP contribution < -0.4 is 5.32 Å². The number of hydrogen-bond acceptors (Lipinski definition) is 2. The lowest BCUT2D eigenvalue weighted by molar-refractivity contribution is -0.115. The van der Waals surface area contributed by atoms with Crippen LogP contribution in [0.4, 0.5) is 4.79 Å². The van der Waals surface area contributed by atoms with E-state index in [2.05, 4.69) is 5.32 Å². The number of allylic oxidation sites excluding steroid dienone is 1. The smallest absolute Gasteiger partial charge is 0.405 e. The zero-order valence-corrected chi connectivity index (χ0v) is 5.91. The molecular formula is C7H9NO3. The molecule has 4 heteroatoms. The maximum atomic E-state index is 10.6. The Balaban J connectivity index is 2.44. The van der Waals surface area contributed by atoms with Gasteiger partial charge in [0.05, 0.1) is 6.04 Å². The molecule has 0 aromatic rings. The number of rotatable bonds is 1. The molecule has 1 rings (SSSR count). The molecule has 1 amide bonds. The van der Waals surface area contributed by atoms with Crippen LogP contribution in [0.1, 0.15) is 12.8 Å². The second-order valence-corrected chi connectivity index (χ2v) is 2.42. The Labute approximate surface area is 63.9 Å². The van der Waals surface area contributed by atoms with Gasteiger partial charge in [0.2, 0.25) is 0 Å². The Morgan fingerprint density at radius 3 is 2.91 bits per heavy atom. The predicted molar refractivity (Wildman–Crippen MR) is 38.3 cm³/mol. The van der Waals surface area contributed by atoms with Crippen LogP contribution >= 0.6 is 0 Å². The number of nitrogens with one attached hydrogen (secondary N) is 1. The Kier molecular flexibility index (Phi) is 2.25. The highest BCUT2D eigenvalue weighted by atomic mass is 16.4. The summed E-state index contributed by atoms with van der Waals surface area (Å²) in [5.41, 5.74) is 0. The second-order valence-electron chi connectivity index (χ2n) is 2.42. The van der Waals surface area contributed by atoms with Gasteiger partial charge in [-0.1, -0.05) is 6.08 Å². The van der Waals surface area contributed by atoms with Crippen LogP contribution in [0.2, 0.25) is 0 Å². The highest BCUT2D eigenvalue weighted by molar-refractivity contribution is 5.90. The van der Waals surface area contributed by atoms with Crippen molar-refractivity contribution in [3.63, 3.8) is 0 Å². The lowest BCUT2D eigenvalue weighted by Crippen LogP contribution is -2.33.